The van der Waals surface area contributed by atoms with Crippen molar-refractivity contribution in [1.29, 1.82) is 0 Å². The fourth-order valence-electron chi connectivity index (χ4n) is 3.18. The Morgan fingerprint density at radius 2 is 2.09 bits per heavy atom. The van der Waals surface area contributed by atoms with Gasteiger partial charge in [-0.05, 0) is 37.8 Å². The molecule has 1 unspecified atom stereocenters. The maximum Gasteiger partial charge on any atom is 0.254 e. The molecule has 0 aliphatic heterocycles. The van der Waals surface area contributed by atoms with Crippen molar-refractivity contribution in [2.75, 3.05) is 6.54 Å². The molecule has 2 N–H and O–H groups in total. The summed E-state index contributed by atoms with van der Waals surface area (Å²) in [5.74, 6) is 0.121. The second-order valence-electron chi connectivity index (χ2n) is 6.08. The third-order valence-corrected chi connectivity index (χ3v) is 4.58. The molecule has 6 heteroatoms. The molecule has 3 rings (SSSR count). The van der Waals surface area contributed by atoms with Crippen LogP contribution in [-0.4, -0.2) is 38.4 Å². The molecule has 1 aliphatic rings. The predicted octanol–water partition coefficient (Wildman–Crippen LogP) is 1.86. The fraction of sp³-hybridized carbons (Fsp3) is 0.471. The van der Waals surface area contributed by atoms with Crippen LogP contribution in [0.5, 0.6) is 0 Å². The van der Waals surface area contributed by atoms with Gasteiger partial charge in [0, 0.05) is 18.9 Å². The van der Waals surface area contributed by atoms with Gasteiger partial charge in [-0.2, -0.15) is 5.10 Å². The van der Waals surface area contributed by atoms with Crippen LogP contribution in [0, 0.1) is 12.8 Å². The summed E-state index contributed by atoms with van der Waals surface area (Å²) in [6.45, 7) is 2.15. The second kappa shape index (κ2) is 6.91. The van der Waals surface area contributed by atoms with Crippen LogP contribution in [0.15, 0.2) is 30.7 Å². The molecule has 2 aromatic heterocycles. The summed E-state index contributed by atoms with van der Waals surface area (Å²) < 4.78 is 1.71. The number of rotatable bonds is 5. The van der Waals surface area contributed by atoms with Gasteiger partial charge in [-0.25, -0.2) is 4.68 Å². The molecule has 1 fully saturated rings. The SMILES string of the molecule is Cc1c(C(=O)NCC(O)C2CCCC2)cnn1-c1ccncc1. The fourth-order valence-corrected chi connectivity index (χ4v) is 3.18. The van der Waals surface area contributed by atoms with E-state index in [0.29, 0.717) is 18.0 Å². The lowest BCUT2D eigenvalue weighted by molar-refractivity contribution is 0.0840. The van der Waals surface area contributed by atoms with Crippen LogP contribution in [0.25, 0.3) is 5.69 Å². The topological polar surface area (TPSA) is 80.0 Å². The lowest BCUT2D eigenvalue weighted by Crippen LogP contribution is -2.35. The van der Waals surface area contributed by atoms with Gasteiger partial charge in [0.15, 0.2) is 0 Å². The second-order valence-corrected chi connectivity index (χ2v) is 6.08. The molecule has 1 amide bonds. The van der Waals surface area contributed by atoms with Gasteiger partial charge in [-0.3, -0.25) is 9.78 Å². The van der Waals surface area contributed by atoms with E-state index < -0.39 is 6.10 Å². The molecule has 0 radical (unpaired) electrons. The van der Waals surface area contributed by atoms with Gasteiger partial charge in [0.2, 0.25) is 0 Å². The van der Waals surface area contributed by atoms with Crippen LogP contribution in [0.4, 0.5) is 0 Å². The van der Waals surface area contributed by atoms with E-state index in [1.54, 1.807) is 23.3 Å². The van der Waals surface area contributed by atoms with E-state index in [4.69, 9.17) is 0 Å². The summed E-state index contributed by atoms with van der Waals surface area (Å²) in [6, 6.07) is 3.68. The first kappa shape index (κ1) is 15.7. The molecule has 0 bridgehead atoms. The molecule has 0 saturated heterocycles. The molecule has 0 spiro atoms. The normalized spacial score (nSPS) is 16.4. The standard InChI is InChI=1S/C17H22N4O2/c1-12-15(10-20-21(12)14-6-8-18-9-7-14)17(23)19-11-16(22)13-4-2-3-5-13/h6-10,13,16,22H,2-5,11H2,1H3,(H,19,23). The molecule has 2 aromatic rings. The Hall–Kier alpha value is -2.21. The van der Waals surface area contributed by atoms with E-state index in [1.807, 2.05) is 19.1 Å². The zero-order valence-corrected chi connectivity index (χ0v) is 13.3. The van der Waals surface area contributed by atoms with Gasteiger partial charge in [0.25, 0.3) is 5.91 Å². The van der Waals surface area contributed by atoms with Crippen molar-refractivity contribution in [3.8, 4) is 5.69 Å². The largest absolute Gasteiger partial charge is 0.391 e. The number of aromatic nitrogens is 3. The van der Waals surface area contributed by atoms with Crippen molar-refractivity contribution in [2.45, 2.75) is 38.7 Å². The highest BCUT2D eigenvalue weighted by Gasteiger charge is 2.24. The minimum Gasteiger partial charge on any atom is -0.391 e. The van der Waals surface area contributed by atoms with Crippen LogP contribution in [0.1, 0.15) is 41.7 Å². The molecule has 1 aliphatic carbocycles. The van der Waals surface area contributed by atoms with E-state index in [0.717, 1.165) is 24.2 Å². The average Bonchev–Trinajstić information content (AvgIpc) is 3.23. The lowest BCUT2D eigenvalue weighted by atomic mass is 10.0. The Labute approximate surface area is 135 Å². The number of nitrogens with zero attached hydrogens (tertiary/aromatic N) is 3. The van der Waals surface area contributed by atoms with Gasteiger partial charge in [0.05, 0.1) is 29.2 Å². The number of amides is 1. The van der Waals surface area contributed by atoms with Crippen molar-refractivity contribution >= 4 is 5.91 Å². The van der Waals surface area contributed by atoms with Crippen molar-refractivity contribution in [2.24, 2.45) is 5.92 Å². The molecular formula is C17H22N4O2. The highest BCUT2D eigenvalue weighted by atomic mass is 16.3. The molecule has 2 heterocycles. The van der Waals surface area contributed by atoms with E-state index >= 15 is 0 Å². The minimum absolute atomic E-state index is 0.195. The summed E-state index contributed by atoms with van der Waals surface area (Å²) in [4.78, 5) is 16.3. The average molecular weight is 314 g/mol. The monoisotopic (exact) mass is 314 g/mol. The Bertz CT molecular complexity index is 662. The molecule has 122 valence electrons. The van der Waals surface area contributed by atoms with Crippen molar-refractivity contribution < 1.29 is 9.90 Å². The van der Waals surface area contributed by atoms with E-state index in [-0.39, 0.29) is 5.91 Å². The molecule has 1 atom stereocenters. The Morgan fingerprint density at radius 1 is 1.39 bits per heavy atom. The van der Waals surface area contributed by atoms with Crippen LogP contribution >= 0.6 is 0 Å². The number of carbonyl (C=O) groups excluding carboxylic acids is 1. The van der Waals surface area contributed by atoms with Crippen molar-refractivity contribution in [3.05, 3.63) is 42.0 Å². The molecule has 23 heavy (non-hydrogen) atoms. The summed E-state index contributed by atoms with van der Waals surface area (Å²) in [6.07, 6.45) is 8.93. The maximum absolute atomic E-state index is 12.3. The van der Waals surface area contributed by atoms with Gasteiger partial charge in [-0.1, -0.05) is 12.8 Å². The van der Waals surface area contributed by atoms with Crippen LogP contribution < -0.4 is 5.32 Å². The van der Waals surface area contributed by atoms with Crippen LogP contribution in [0.2, 0.25) is 0 Å². The van der Waals surface area contributed by atoms with Gasteiger partial charge in [-0.15, -0.1) is 0 Å². The molecule has 1 saturated carbocycles. The number of carbonyl (C=O) groups is 1. The Morgan fingerprint density at radius 3 is 2.78 bits per heavy atom. The van der Waals surface area contributed by atoms with Crippen molar-refractivity contribution in [3.63, 3.8) is 0 Å². The van der Waals surface area contributed by atoms with Crippen LogP contribution in [-0.2, 0) is 0 Å². The predicted molar refractivity (Wildman–Crippen MR) is 86.4 cm³/mol. The van der Waals surface area contributed by atoms with Crippen LogP contribution in [0.3, 0.4) is 0 Å². The number of pyridine rings is 1. The molecule has 6 nitrogen and oxygen atoms in total. The van der Waals surface area contributed by atoms with Gasteiger partial charge < -0.3 is 10.4 Å². The number of hydrogen-bond acceptors (Lipinski definition) is 4. The quantitative estimate of drug-likeness (QED) is 0.883. The minimum atomic E-state index is -0.461. The highest BCUT2D eigenvalue weighted by molar-refractivity contribution is 5.95. The number of aliphatic hydroxyl groups excluding tert-OH is 1. The summed E-state index contributed by atoms with van der Waals surface area (Å²) in [7, 11) is 0. The summed E-state index contributed by atoms with van der Waals surface area (Å²) in [5, 5.41) is 17.3. The Balaban J connectivity index is 1.65. The third kappa shape index (κ3) is 3.42. The lowest BCUT2D eigenvalue weighted by Gasteiger charge is -2.17. The van der Waals surface area contributed by atoms with E-state index in [1.165, 1.54) is 12.8 Å². The van der Waals surface area contributed by atoms with E-state index in [9.17, 15) is 9.90 Å². The number of hydrogen-bond donors (Lipinski definition) is 2. The van der Waals surface area contributed by atoms with Crippen molar-refractivity contribution in [1.82, 2.24) is 20.1 Å². The first-order valence-electron chi connectivity index (χ1n) is 8.08. The summed E-state index contributed by atoms with van der Waals surface area (Å²) >= 11 is 0. The Kier molecular flexibility index (Phi) is 4.71. The highest BCUT2D eigenvalue weighted by Crippen LogP contribution is 2.27. The third-order valence-electron chi connectivity index (χ3n) is 4.58. The molecule has 0 aromatic carbocycles. The zero-order chi connectivity index (χ0) is 16.2. The van der Waals surface area contributed by atoms with E-state index in [2.05, 4.69) is 15.4 Å². The first-order chi connectivity index (χ1) is 11.2. The molecular weight excluding hydrogens is 292 g/mol. The first-order valence-corrected chi connectivity index (χ1v) is 8.08. The van der Waals surface area contributed by atoms with Gasteiger partial charge in [0.1, 0.15) is 0 Å². The number of nitrogens with one attached hydrogen (secondary N) is 1. The number of aliphatic hydroxyl groups is 1. The summed E-state index contributed by atoms with van der Waals surface area (Å²) in [5.41, 5.74) is 2.16. The zero-order valence-electron chi connectivity index (χ0n) is 13.3. The smallest absolute Gasteiger partial charge is 0.254 e. The van der Waals surface area contributed by atoms with Gasteiger partial charge >= 0.3 is 0 Å². The maximum atomic E-state index is 12.3.